The zero-order chi connectivity index (χ0) is 13.0. The summed E-state index contributed by atoms with van der Waals surface area (Å²) in [5.74, 6) is 1.68. The molecule has 0 saturated carbocycles. The maximum atomic E-state index is 12.2. The number of carbonyl (C=O) groups is 1. The summed E-state index contributed by atoms with van der Waals surface area (Å²) < 4.78 is 5.55. The summed E-state index contributed by atoms with van der Waals surface area (Å²) in [6, 6.07) is -0.0376. The fourth-order valence-corrected chi connectivity index (χ4v) is 2.28. The van der Waals surface area contributed by atoms with Gasteiger partial charge in [0.15, 0.2) is 0 Å². The normalized spacial score (nSPS) is 20.4. The summed E-state index contributed by atoms with van der Waals surface area (Å²) in [6.07, 6.45) is 4.53. The molecule has 1 aliphatic rings. The average molecular weight is 251 g/mol. The minimum atomic E-state index is -0.0376. The highest BCUT2D eigenvalue weighted by Crippen LogP contribution is 2.15. The highest BCUT2D eigenvalue weighted by Gasteiger charge is 2.28. The Balaban J connectivity index is 1.97. The van der Waals surface area contributed by atoms with Gasteiger partial charge in [-0.15, -0.1) is 0 Å². The van der Waals surface area contributed by atoms with Crippen LogP contribution in [0.25, 0.3) is 0 Å². The van der Waals surface area contributed by atoms with E-state index in [9.17, 15) is 4.79 Å². The van der Waals surface area contributed by atoms with Gasteiger partial charge in [0.05, 0.1) is 18.8 Å². The maximum Gasteiger partial charge on any atom is 0.240 e. The van der Waals surface area contributed by atoms with Gasteiger partial charge in [-0.25, -0.2) is 4.98 Å². The zero-order valence-electron chi connectivity index (χ0n) is 11.1. The predicted octanol–water partition coefficient (Wildman–Crippen LogP) is 1.34. The second-order valence-electron chi connectivity index (χ2n) is 4.59. The first kappa shape index (κ1) is 13.1. The number of nitrogens with zero attached hydrogens (tertiary/aromatic N) is 2. The van der Waals surface area contributed by atoms with Crippen molar-refractivity contribution in [3.8, 4) is 0 Å². The molecule has 1 N–H and O–H groups in total. The van der Waals surface area contributed by atoms with Gasteiger partial charge < -0.3 is 14.6 Å². The molecule has 1 aliphatic heterocycles. The Labute approximate surface area is 108 Å². The third-order valence-corrected chi connectivity index (χ3v) is 3.26. The number of amides is 1. The maximum absolute atomic E-state index is 12.2. The van der Waals surface area contributed by atoms with Crippen LogP contribution >= 0.6 is 0 Å². The summed E-state index contributed by atoms with van der Waals surface area (Å²) in [6.45, 7) is 6.15. The number of oxazole rings is 1. The van der Waals surface area contributed by atoms with Crippen molar-refractivity contribution in [1.82, 2.24) is 15.2 Å². The molecule has 0 bridgehead atoms. The molecule has 1 atom stereocenters. The van der Waals surface area contributed by atoms with Crippen molar-refractivity contribution in [2.24, 2.45) is 0 Å². The van der Waals surface area contributed by atoms with Crippen molar-refractivity contribution in [3.63, 3.8) is 0 Å². The van der Waals surface area contributed by atoms with Crippen LogP contribution in [0.3, 0.4) is 0 Å². The molecule has 5 heteroatoms. The fraction of sp³-hybridized carbons (Fsp3) is 0.692. The van der Waals surface area contributed by atoms with Gasteiger partial charge in [0, 0.05) is 13.0 Å². The van der Waals surface area contributed by atoms with E-state index in [1.54, 1.807) is 6.20 Å². The molecule has 2 heterocycles. The van der Waals surface area contributed by atoms with Gasteiger partial charge in [0.25, 0.3) is 0 Å². The molecule has 1 unspecified atom stereocenters. The molecule has 0 radical (unpaired) electrons. The molecular weight excluding hydrogens is 230 g/mol. The summed E-state index contributed by atoms with van der Waals surface area (Å²) >= 11 is 0. The molecule has 0 aliphatic carbocycles. The van der Waals surface area contributed by atoms with Crippen LogP contribution in [0.2, 0.25) is 0 Å². The van der Waals surface area contributed by atoms with E-state index >= 15 is 0 Å². The van der Waals surface area contributed by atoms with Gasteiger partial charge in [0.1, 0.15) is 5.76 Å². The molecule has 0 spiro atoms. The monoisotopic (exact) mass is 251 g/mol. The van der Waals surface area contributed by atoms with E-state index in [1.165, 1.54) is 0 Å². The van der Waals surface area contributed by atoms with E-state index in [2.05, 4.69) is 10.3 Å². The largest absolute Gasteiger partial charge is 0.444 e. The molecule has 18 heavy (non-hydrogen) atoms. The highest BCUT2D eigenvalue weighted by atomic mass is 16.4. The van der Waals surface area contributed by atoms with Crippen LogP contribution in [0.15, 0.2) is 10.6 Å². The van der Waals surface area contributed by atoms with Crippen molar-refractivity contribution in [2.75, 3.05) is 13.1 Å². The van der Waals surface area contributed by atoms with Crippen molar-refractivity contribution in [3.05, 3.63) is 17.8 Å². The Morgan fingerprint density at radius 3 is 3.06 bits per heavy atom. The van der Waals surface area contributed by atoms with E-state index in [-0.39, 0.29) is 11.9 Å². The second-order valence-corrected chi connectivity index (χ2v) is 4.59. The number of rotatable bonds is 5. The predicted molar refractivity (Wildman–Crippen MR) is 68.0 cm³/mol. The molecular formula is C13H21N3O2. The van der Waals surface area contributed by atoms with E-state index in [0.717, 1.165) is 38.1 Å². The lowest BCUT2D eigenvalue weighted by Gasteiger charge is -2.31. The number of carbonyl (C=O) groups excluding carboxylic acids is 1. The van der Waals surface area contributed by atoms with Crippen molar-refractivity contribution < 1.29 is 9.21 Å². The van der Waals surface area contributed by atoms with Gasteiger partial charge in [-0.05, 0) is 19.4 Å². The van der Waals surface area contributed by atoms with Crippen LogP contribution < -0.4 is 5.32 Å². The van der Waals surface area contributed by atoms with E-state index < -0.39 is 0 Å². The van der Waals surface area contributed by atoms with Gasteiger partial charge in [-0.2, -0.15) is 0 Å². The van der Waals surface area contributed by atoms with Gasteiger partial charge in [-0.1, -0.05) is 13.8 Å². The van der Waals surface area contributed by atoms with Gasteiger partial charge in [0.2, 0.25) is 11.8 Å². The van der Waals surface area contributed by atoms with Crippen molar-refractivity contribution >= 4 is 5.91 Å². The lowest BCUT2D eigenvalue weighted by Crippen LogP contribution is -2.50. The minimum Gasteiger partial charge on any atom is -0.444 e. The van der Waals surface area contributed by atoms with Crippen LogP contribution in [0.5, 0.6) is 0 Å². The van der Waals surface area contributed by atoms with Gasteiger partial charge in [-0.3, -0.25) is 4.79 Å². The number of hydrogen-bond donors (Lipinski definition) is 1. The first-order valence-electron chi connectivity index (χ1n) is 6.70. The number of aromatic nitrogens is 1. The number of likely N-dealkylation sites (tertiary alicyclic amines) is 1. The smallest absolute Gasteiger partial charge is 0.240 e. The average Bonchev–Trinajstić information content (AvgIpc) is 2.82. The van der Waals surface area contributed by atoms with E-state index in [0.29, 0.717) is 12.4 Å². The fourth-order valence-electron chi connectivity index (χ4n) is 2.28. The number of aryl methyl sites for hydroxylation is 1. The molecule has 1 amide bonds. The quantitative estimate of drug-likeness (QED) is 0.858. The topological polar surface area (TPSA) is 58.4 Å². The van der Waals surface area contributed by atoms with Crippen LogP contribution in [-0.4, -0.2) is 34.9 Å². The first-order chi connectivity index (χ1) is 8.74. The standard InChI is InChI=1S/C13H21N3O2/c1-3-10-8-15-12(18-10)9-16-7-5-6-11(13(16)17)14-4-2/h8,11,14H,3-7,9H2,1-2H3. The molecule has 1 aromatic heterocycles. The number of hydrogen-bond acceptors (Lipinski definition) is 4. The van der Waals surface area contributed by atoms with Crippen LogP contribution in [-0.2, 0) is 17.8 Å². The van der Waals surface area contributed by atoms with Crippen LogP contribution in [0, 0.1) is 0 Å². The highest BCUT2D eigenvalue weighted by molar-refractivity contribution is 5.82. The Morgan fingerprint density at radius 1 is 1.56 bits per heavy atom. The van der Waals surface area contributed by atoms with E-state index in [4.69, 9.17) is 4.42 Å². The molecule has 0 aromatic carbocycles. The summed E-state index contributed by atoms with van der Waals surface area (Å²) in [7, 11) is 0. The molecule has 1 saturated heterocycles. The van der Waals surface area contributed by atoms with Crippen LogP contribution in [0.4, 0.5) is 0 Å². The minimum absolute atomic E-state index is 0.0376. The Bertz CT molecular complexity index is 401. The van der Waals surface area contributed by atoms with E-state index in [1.807, 2.05) is 18.7 Å². The third-order valence-electron chi connectivity index (χ3n) is 3.26. The Kier molecular flexibility index (Phi) is 4.36. The Morgan fingerprint density at radius 2 is 2.39 bits per heavy atom. The summed E-state index contributed by atoms with van der Waals surface area (Å²) in [5.41, 5.74) is 0. The van der Waals surface area contributed by atoms with Gasteiger partial charge >= 0.3 is 0 Å². The van der Waals surface area contributed by atoms with Crippen molar-refractivity contribution in [2.45, 2.75) is 45.7 Å². The number of piperidine rings is 1. The number of likely N-dealkylation sites (N-methyl/N-ethyl adjacent to an activating group) is 1. The zero-order valence-corrected chi connectivity index (χ0v) is 11.1. The second kappa shape index (κ2) is 6.00. The molecule has 1 fully saturated rings. The SMILES string of the molecule is CCNC1CCCN(Cc2ncc(CC)o2)C1=O. The summed E-state index contributed by atoms with van der Waals surface area (Å²) in [4.78, 5) is 18.2. The van der Waals surface area contributed by atoms with Crippen molar-refractivity contribution in [1.29, 1.82) is 0 Å². The lowest BCUT2D eigenvalue weighted by molar-refractivity contribution is -0.136. The molecule has 5 nitrogen and oxygen atoms in total. The third kappa shape index (κ3) is 2.90. The molecule has 2 rings (SSSR count). The summed E-state index contributed by atoms with van der Waals surface area (Å²) in [5, 5.41) is 3.22. The lowest BCUT2D eigenvalue weighted by atomic mass is 10.0. The first-order valence-corrected chi connectivity index (χ1v) is 6.70. The number of nitrogens with one attached hydrogen (secondary N) is 1. The van der Waals surface area contributed by atoms with Crippen LogP contribution in [0.1, 0.15) is 38.3 Å². The molecule has 100 valence electrons. The Hall–Kier alpha value is -1.36. The molecule has 1 aromatic rings.